The lowest BCUT2D eigenvalue weighted by Crippen LogP contribution is -2.50. The SMILES string of the molecule is Cc1nn(-c2ccccn2)c(C)c1N1CCN(CC(=O)NC2CCCC2)CC1. The molecule has 1 N–H and O–H groups in total. The summed E-state index contributed by atoms with van der Waals surface area (Å²) in [5.41, 5.74) is 3.33. The van der Waals surface area contributed by atoms with Crippen molar-refractivity contribution in [2.24, 2.45) is 0 Å². The zero-order valence-corrected chi connectivity index (χ0v) is 16.9. The van der Waals surface area contributed by atoms with Gasteiger partial charge in [-0.25, -0.2) is 9.67 Å². The molecule has 1 amide bonds. The molecule has 7 heteroatoms. The predicted octanol–water partition coefficient (Wildman–Crippen LogP) is 2.06. The Bertz CT molecular complexity index is 804. The van der Waals surface area contributed by atoms with Gasteiger partial charge in [0, 0.05) is 38.4 Å². The van der Waals surface area contributed by atoms with Crippen molar-refractivity contribution >= 4 is 11.6 Å². The monoisotopic (exact) mass is 382 g/mol. The van der Waals surface area contributed by atoms with Gasteiger partial charge >= 0.3 is 0 Å². The fourth-order valence-corrected chi connectivity index (χ4v) is 4.47. The van der Waals surface area contributed by atoms with Gasteiger partial charge < -0.3 is 10.2 Å². The van der Waals surface area contributed by atoms with Crippen molar-refractivity contribution in [3.63, 3.8) is 0 Å². The Balaban J connectivity index is 1.36. The topological polar surface area (TPSA) is 66.3 Å². The molecule has 1 saturated carbocycles. The minimum absolute atomic E-state index is 0.177. The van der Waals surface area contributed by atoms with Crippen molar-refractivity contribution in [3.8, 4) is 5.82 Å². The van der Waals surface area contributed by atoms with Gasteiger partial charge in [-0.3, -0.25) is 9.69 Å². The molecule has 2 aliphatic rings. The van der Waals surface area contributed by atoms with Crippen molar-refractivity contribution in [2.75, 3.05) is 37.6 Å². The molecule has 4 rings (SSSR count). The highest BCUT2D eigenvalue weighted by Gasteiger charge is 2.25. The number of carbonyl (C=O) groups is 1. The van der Waals surface area contributed by atoms with Crippen molar-refractivity contribution < 1.29 is 4.79 Å². The summed E-state index contributed by atoms with van der Waals surface area (Å²) in [6.45, 7) is 8.28. The van der Waals surface area contributed by atoms with Gasteiger partial charge in [0.1, 0.15) is 0 Å². The number of aryl methyl sites for hydroxylation is 1. The fraction of sp³-hybridized carbons (Fsp3) is 0.571. The molecule has 0 spiro atoms. The molecular formula is C21H30N6O. The summed E-state index contributed by atoms with van der Waals surface area (Å²) >= 11 is 0. The second-order valence-electron chi connectivity index (χ2n) is 7.93. The third-order valence-corrected chi connectivity index (χ3v) is 5.90. The van der Waals surface area contributed by atoms with Gasteiger partial charge in [0.25, 0.3) is 0 Å². The maximum absolute atomic E-state index is 12.3. The van der Waals surface area contributed by atoms with E-state index in [0.29, 0.717) is 12.6 Å². The third kappa shape index (κ3) is 4.04. The van der Waals surface area contributed by atoms with E-state index in [2.05, 4.69) is 33.9 Å². The normalized spacial score (nSPS) is 18.6. The molecule has 28 heavy (non-hydrogen) atoms. The molecule has 1 saturated heterocycles. The van der Waals surface area contributed by atoms with Gasteiger partial charge in [0.2, 0.25) is 5.91 Å². The van der Waals surface area contributed by atoms with Crippen molar-refractivity contribution in [1.82, 2.24) is 25.0 Å². The van der Waals surface area contributed by atoms with Crippen molar-refractivity contribution in [1.29, 1.82) is 0 Å². The molecule has 2 aromatic rings. The van der Waals surface area contributed by atoms with Crippen LogP contribution in [0.4, 0.5) is 5.69 Å². The maximum atomic E-state index is 12.3. The number of amides is 1. The summed E-state index contributed by atoms with van der Waals surface area (Å²) in [7, 11) is 0. The Labute approximate surface area is 166 Å². The highest BCUT2D eigenvalue weighted by atomic mass is 16.2. The van der Waals surface area contributed by atoms with E-state index in [9.17, 15) is 4.79 Å². The van der Waals surface area contributed by atoms with E-state index in [4.69, 9.17) is 5.10 Å². The Morgan fingerprint density at radius 3 is 2.57 bits per heavy atom. The number of rotatable bonds is 5. The summed E-state index contributed by atoms with van der Waals surface area (Å²) in [6, 6.07) is 6.27. The van der Waals surface area contributed by atoms with Gasteiger partial charge in [-0.15, -0.1) is 0 Å². The number of carbonyl (C=O) groups excluding carboxylic acids is 1. The molecule has 7 nitrogen and oxygen atoms in total. The Morgan fingerprint density at radius 1 is 1.14 bits per heavy atom. The quantitative estimate of drug-likeness (QED) is 0.858. The minimum Gasteiger partial charge on any atom is -0.366 e. The first kappa shape index (κ1) is 18.9. The summed E-state index contributed by atoms with van der Waals surface area (Å²) < 4.78 is 1.92. The Morgan fingerprint density at radius 2 is 1.89 bits per heavy atom. The van der Waals surface area contributed by atoms with Gasteiger partial charge in [-0.1, -0.05) is 18.9 Å². The van der Waals surface area contributed by atoms with Gasteiger partial charge in [0.05, 0.1) is 23.6 Å². The van der Waals surface area contributed by atoms with Crippen molar-refractivity contribution in [2.45, 2.75) is 45.6 Å². The third-order valence-electron chi connectivity index (χ3n) is 5.90. The molecule has 1 aliphatic carbocycles. The van der Waals surface area contributed by atoms with Crippen LogP contribution in [0.1, 0.15) is 37.1 Å². The fourth-order valence-electron chi connectivity index (χ4n) is 4.47. The number of nitrogens with zero attached hydrogens (tertiary/aromatic N) is 5. The minimum atomic E-state index is 0.177. The van der Waals surface area contributed by atoms with Gasteiger partial charge in [-0.05, 0) is 38.8 Å². The van der Waals surface area contributed by atoms with Crippen LogP contribution in [-0.4, -0.2) is 64.3 Å². The van der Waals surface area contributed by atoms with Gasteiger partial charge in [0.15, 0.2) is 5.82 Å². The molecular weight excluding hydrogens is 352 g/mol. The molecule has 2 fully saturated rings. The largest absolute Gasteiger partial charge is 0.366 e. The lowest BCUT2D eigenvalue weighted by Gasteiger charge is -2.36. The average Bonchev–Trinajstić information content (AvgIpc) is 3.31. The average molecular weight is 383 g/mol. The summed E-state index contributed by atoms with van der Waals surface area (Å²) in [5, 5.41) is 7.91. The molecule has 0 aromatic carbocycles. The Kier molecular flexibility index (Phi) is 5.62. The summed E-state index contributed by atoms with van der Waals surface area (Å²) in [5.74, 6) is 1.02. The van der Waals surface area contributed by atoms with E-state index in [0.717, 1.165) is 56.2 Å². The number of nitrogens with one attached hydrogen (secondary N) is 1. The number of hydrogen-bond donors (Lipinski definition) is 1. The molecule has 0 radical (unpaired) electrons. The Hall–Kier alpha value is -2.41. The first-order valence-corrected chi connectivity index (χ1v) is 10.4. The molecule has 1 aliphatic heterocycles. The summed E-state index contributed by atoms with van der Waals surface area (Å²) in [4.78, 5) is 21.4. The number of hydrogen-bond acceptors (Lipinski definition) is 5. The van der Waals surface area contributed by atoms with E-state index in [1.807, 2.05) is 22.9 Å². The molecule has 0 unspecified atom stereocenters. The standard InChI is InChI=1S/C21H30N6O/c1-16-21(17(2)27(24-16)19-9-5-6-10-22-19)26-13-11-25(12-14-26)15-20(28)23-18-7-3-4-8-18/h5-6,9-10,18H,3-4,7-8,11-15H2,1-2H3,(H,23,28). The molecule has 0 bridgehead atoms. The summed E-state index contributed by atoms with van der Waals surface area (Å²) in [6.07, 6.45) is 6.56. The van der Waals surface area contributed by atoms with Crippen LogP contribution in [0.5, 0.6) is 0 Å². The second-order valence-corrected chi connectivity index (χ2v) is 7.93. The number of pyridine rings is 1. The predicted molar refractivity (Wildman–Crippen MR) is 110 cm³/mol. The molecule has 3 heterocycles. The van der Waals surface area contributed by atoms with Crippen LogP contribution in [0.3, 0.4) is 0 Å². The molecule has 2 aromatic heterocycles. The van der Waals surface area contributed by atoms with Crippen LogP contribution >= 0.6 is 0 Å². The number of anilines is 1. The number of piperazine rings is 1. The van der Waals surface area contributed by atoms with E-state index in [1.165, 1.54) is 18.5 Å². The zero-order valence-electron chi connectivity index (χ0n) is 16.9. The highest BCUT2D eigenvalue weighted by Crippen LogP contribution is 2.27. The number of aromatic nitrogens is 3. The molecule has 0 atom stereocenters. The molecule has 150 valence electrons. The first-order chi connectivity index (χ1) is 13.6. The van der Waals surface area contributed by atoms with Crippen LogP contribution in [0.25, 0.3) is 5.82 Å². The lowest BCUT2D eigenvalue weighted by atomic mass is 10.2. The maximum Gasteiger partial charge on any atom is 0.234 e. The van der Waals surface area contributed by atoms with Crippen LogP contribution in [-0.2, 0) is 4.79 Å². The first-order valence-electron chi connectivity index (χ1n) is 10.4. The van der Waals surface area contributed by atoms with E-state index >= 15 is 0 Å². The van der Waals surface area contributed by atoms with E-state index in [-0.39, 0.29) is 5.91 Å². The lowest BCUT2D eigenvalue weighted by molar-refractivity contribution is -0.123. The highest BCUT2D eigenvalue weighted by molar-refractivity contribution is 5.78. The zero-order chi connectivity index (χ0) is 19.5. The van der Waals surface area contributed by atoms with Crippen LogP contribution < -0.4 is 10.2 Å². The van der Waals surface area contributed by atoms with Crippen molar-refractivity contribution in [3.05, 3.63) is 35.8 Å². The second kappa shape index (κ2) is 8.31. The van der Waals surface area contributed by atoms with Crippen LogP contribution in [0, 0.1) is 13.8 Å². The smallest absolute Gasteiger partial charge is 0.234 e. The van der Waals surface area contributed by atoms with E-state index in [1.54, 1.807) is 6.20 Å². The van der Waals surface area contributed by atoms with Crippen LogP contribution in [0.15, 0.2) is 24.4 Å². The van der Waals surface area contributed by atoms with E-state index < -0.39 is 0 Å². The van der Waals surface area contributed by atoms with Crippen LogP contribution in [0.2, 0.25) is 0 Å². The van der Waals surface area contributed by atoms with Gasteiger partial charge in [-0.2, -0.15) is 5.10 Å².